The Morgan fingerprint density at radius 3 is 2.24 bits per heavy atom. The molecule has 4 heteroatoms. The van der Waals surface area contributed by atoms with Crippen LogP contribution in [0.2, 0.25) is 13.1 Å². The highest BCUT2D eigenvalue weighted by atomic mass is 28.3. The summed E-state index contributed by atoms with van der Waals surface area (Å²) >= 11 is 0. The van der Waals surface area contributed by atoms with Crippen LogP contribution in [-0.2, 0) is 10.2 Å². The first-order valence-corrected chi connectivity index (χ1v) is 9.45. The Balaban J connectivity index is 3.49. The highest BCUT2D eigenvalue weighted by Crippen LogP contribution is 2.41. The van der Waals surface area contributed by atoms with E-state index in [0.717, 1.165) is 22.6 Å². The van der Waals surface area contributed by atoms with Crippen molar-refractivity contribution in [3.8, 4) is 11.5 Å². The number of carbonyl (C=O) groups is 1. The van der Waals surface area contributed by atoms with E-state index in [1.54, 1.807) is 19.3 Å². The molecule has 0 saturated heterocycles. The van der Waals surface area contributed by atoms with Gasteiger partial charge < -0.3 is 9.16 Å². The maximum atomic E-state index is 11.2. The van der Waals surface area contributed by atoms with Gasteiger partial charge in [0.25, 0.3) is 9.04 Å². The van der Waals surface area contributed by atoms with Crippen LogP contribution in [0, 0.1) is 0 Å². The third-order valence-electron chi connectivity index (χ3n) is 2.96. The summed E-state index contributed by atoms with van der Waals surface area (Å²) in [6, 6.07) is 4.03. The Hall–Kier alpha value is -1.55. The van der Waals surface area contributed by atoms with Crippen LogP contribution >= 0.6 is 0 Å². The fraction of sp³-hybridized carbons (Fsp3) is 0.471. The van der Waals surface area contributed by atoms with E-state index < -0.39 is 9.04 Å². The van der Waals surface area contributed by atoms with E-state index in [-0.39, 0.29) is 11.2 Å². The lowest BCUT2D eigenvalue weighted by molar-refractivity contribution is -0.112. The molecule has 0 aliphatic heterocycles. The number of carbonyl (C=O) groups excluding carboxylic acids is 1. The van der Waals surface area contributed by atoms with E-state index in [1.165, 1.54) is 6.92 Å². The Labute approximate surface area is 129 Å². The maximum absolute atomic E-state index is 11.2. The smallest absolute Gasteiger partial charge is 0.274 e. The first-order valence-electron chi connectivity index (χ1n) is 7.05. The summed E-state index contributed by atoms with van der Waals surface area (Å²) < 4.78 is 11.7. The van der Waals surface area contributed by atoms with E-state index in [0.29, 0.717) is 0 Å². The van der Waals surface area contributed by atoms with Crippen molar-refractivity contribution in [2.24, 2.45) is 0 Å². The number of ketones is 1. The summed E-state index contributed by atoms with van der Waals surface area (Å²) in [5.74, 6) is 1.51. The molecule has 0 amide bonds. The van der Waals surface area contributed by atoms with Gasteiger partial charge in [0.05, 0.1) is 7.11 Å². The van der Waals surface area contributed by atoms with Crippen molar-refractivity contribution in [3.63, 3.8) is 0 Å². The predicted molar refractivity (Wildman–Crippen MR) is 89.5 cm³/mol. The zero-order valence-corrected chi connectivity index (χ0v) is 15.0. The number of allylic oxidation sites excluding steroid dienone is 1. The van der Waals surface area contributed by atoms with Crippen LogP contribution in [0.4, 0.5) is 0 Å². The molecule has 1 radical (unpaired) electrons. The molecule has 1 rings (SSSR count). The topological polar surface area (TPSA) is 35.5 Å². The van der Waals surface area contributed by atoms with E-state index in [2.05, 4.69) is 33.9 Å². The number of ether oxygens (including phenoxy) is 1. The highest BCUT2D eigenvalue weighted by Gasteiger charge is 2.24. The number of benzene rings is 1. The summed E-state index contributed by atoms with van der Waals surface area (Å²) in [6.07, 6.45) is 3.34. The van der Waals surface area contributed by atoms with Crippen LogP contribution < -0.4 is 9.16 Å². The standard InChI is InChI=1S/C17H25O3Si/c1-12(18)8-9-13-10-11-14(17(2,3)4)16(19-5)15(13)20-21(6)7/h8-11H,1-7H3. The van der Waals surface area contributed by atoms with Gasteiger partial charge in [-0.1, -0.05) is 32.9 Å². The van der Waals surface area contributed by atoms with Gasteiger partial charge in [-0.15, -0.1) is 0 Å². The van der Waals surface area contributed by atoms with Gasteiger partial charge in [-0.3, -0.25) is 4.79 Å². The van der Waals surface area contributed by atoms with Crippen LogP contribution in [0.5, 0.6) is 11.5 Å². The molecule has 0 N–H and O–H groups in total. The van der Waals surface area contributed by atoms with Gasteiger partial charge in [-0.25, -0.2) is 0 Å². The summed E-state index contributed by atoms with van der Waals surface area (Å²) in [4.78, 5) is 11.2. The molecule has 0 aliphatic rings. The van der Waals surface area contributed by atoms with Crippen LogP contribution in [0.3, 0.4) is 0 Å². The first kappa shape index (κ1) is 17.5. The average Bonchev–Trinajstić information content (AvgIpc) is 2.34. The lowest BCUT2D eigenvalue weighted by Crippen LogP contribution is -2.17. The summed E-state index contributed by atoms with van der Waals surface area (Å²) in [7, 11) is 0.721. The second-order valence-corrected chi connectivity index (χ2v) is 8.29. The number of rotatable bonds is 5. The molecule has 0 bridgehead atoms. The van der Waals surface area contributed by atoms with Crippen molar-refractivity contribution in [2.45, 2.75) is 46.2 Å². The van der Waals surface area contributed by atoms with Crippen LogP contribution in [-0.4, -0.2) is 21.9 Å². The van der Waals surface area contributed by atoms with Gasteiger partial charge >= 0.3 is 0 Å². The summed E-state index contributed by atoms with van der Waals surface area (Å²) in [5, 5.41) is 0. The van der Waals surface area contributed by atoms with E-state index in [1.807, 2.05) is 12.1 Å². The maximum Gasteiger partial charge on any atom is 0.274 e. The van der Waals surface area contributed by atoms with Gasteiger partial charge in [-0.05, 0) is 37.6 Å². The molecule has 0 spiro atoms. The molecule has 21 heavy (non-hydrogen) atoms. The summed E-state index contributed by atoms with van der Waals surface area (Å²) in [6.45, 7) is 12.1. The molecule has 1 aromatic rings. The molecule has 0 unspecified atom stereocenters. The monoisotopic (exact) mass is 305 g/mol. The lowest BCUT2D eigenvalue weighted by Gasteiger charge is -2.25. The Bertz CT molecular complexity index is 540. The molecule has 0 saturated carbocycles. The number of hydrogen-bond acceptors (Lipinski definition) is 3. The second kappa shape index (κ2) is 6.94. The Morgan fingerprint density at radius 1 is 1.19 bits per heavy atom. The molecular formula is C17H25O3Si. The van der Waals surface area contributed by atoms with E-state index >= 15 is 0 Å². The van der Waals surface area contributed by atoms with Gasteiger partial charge in [0.1, 0.15) is 0 Å². The zero-order valence-electron chi connectivity index (χ0n) is 14.0. The van der Waals surface area contributed by atoms with E-state index in [9.17, 15) is 4.79 Å². The summed E-state index contributed by atoms with van der Waals surface area (Å²) in [5.41, 5.74) is 1.94. The van der Waals surface area contributed by atoms with Crippen molar-refractivity contribution >= 4 is 20.9 Å². The minimum Gasteiger partial charge on any atom is -0.540 e. The molecule has 0 heterocycles. The molecule has 0 fully saturated rings. The number of methoxy groups -OCH3 is 1. The fourth-order valence-electron chi connectivity index (χ4n) is 2.02. The zero-order chi connectivity index (χ0) is 16.2. The quantitative estimate of drug-likeness (QED) is 0.603. The molecular weight excluding hydrogens is 280 g/mol. The molecule has 0 aliphatic carbocycles. The van der Waals surface area contributed by atoms with Crippen LogP contribution in [0.25, 0.3) is 6.08 Å². The third kappa shape index (κ3) is 4.74. The average molecular weight is 305 g/mol. The molecule has 0 aromatic heterocycles. The first-order chi connectivity index (χ1) is 9.66. The molecule has 3 nitrogen and oxygen atoms in total. The van der Waals surface area contributed by atoms with Gasteiger partial charge in [-0.2, -0.15) is 0 Å². The van der Waals surface area contributed by atoms with Crippen molar-refractivity contribution in [2.75, 3.05) is 7.11 Å². The van der Waals surface area contributed by atoms with Crippen molar-refractivity contribution in [1.82, 2.24) is 0 Å². The van der Waals surface area contributed by atoms with Gasteiger partial charge in [0, 0.05) is 11.1 Å². The molecule has 1 aromatic carbocycles. The largest absolute Gasteiger partial charge is 0.540 e. The Kier molecular flexibility index (Phi) is 5.78. The van der Waals surface area contributed by atoms with Crippen molar-refractivity contribution in [3.05, 3.63) is 29.3 Å². The van der Waals surface area contributed by atoms with Gasteiger partial charge in [0.15, 0.2) is 17.3 Å². The minimum absolute atomic E-state index is 0.0124. The highest BCUT2D eigenvalue weighted by molar-refractivity contribution is 6.49. The molecule has 0 atom stereocenters. The van der Waals surface area contributed by atoms with Crippen molar-refractivity contribution in [1.29, 1.82) is 0 Å². The minimum atomic E-state index is -0.939. The normalized spacial score (nSPS) is 12.0. The third-order valence-corrected chi connectivity index (χ3v) is 3.57. The fourth-order valence-corrected chi connectivity index (χ4v) is 2.64. The SMILES string of the molecule is COc1c(C(C)(C)C)ccc(C=CC(C)=O)c1O[Si](C)C. The van der Waals surface area contributed by atoms with Crippen molar-refractivity contribution < 1.29 is 14.0 Å². The van der Waals surface area contributed by atoms with Crippen LogP contribution in [0.1, 0.15) is 38.8 Å². The lowest BCUT2D eigenvalue weighted by atomic mass is 9.85. The predicted octanol–water partition coefficient (Wildman–Crippen LogP) is 4.22. The number of hydrogen-bond donors (Lipinski definition) is 0. The van der Waals surface area contributed by atoms with Crippen LogP contribution in [0.15, 0.2) is 18.2 Å². The second-order valence-electron chi connectivity index (χ2n) is 6.27. The van der Waals surface area contributed by atoms with E-state index in [4.69, 9.17) is 9.16 Å². The Morgan fingerprint density at radius 2 is 1.81 bits per heavy atom. The van der Waals surface area contributed by atoms with Gasteiger partial charge in [0.2, 0.25) is 0 Å². The molecule has 115 valence electrons.